The first-order chi connectivity index (χ1) is 8.61. The van der Waals surface area contributed by atoms with Crippen LogP contribution in [0.15, 0.2) is 24.4 Å². The highest BCUT2D eigenvalue weighted by Crippen LogP contribution is 2.20. The monoisotopic (exact) mass is 250 g/mol. The minimum atomic E-state index is -0.729. The molecule has 0 bridgehead atoms. The first-order valence-corrected chi connectivity index (χ1v) is 5.79. The fourth-order valence-corrected chi connectivity index (χ4v) is 1.89. The molecule has 0 amide bonds. The zero-order valence-corrected chi connectivity index (χ0v) is 10.1. The Morgan fingerprint density at radius 3 is 3.06 bits per heavy atom. The van der Waals surface area contributed by atoms with E-state index in [9.17, 15) is 9.18 Å². The van der Waals surface area contributed by atoms with Crippen LogP contribution in [0.4, 0.5) is 4.39 Å². The van der Waals surface area contributed by atoms with Crippen LogP contribution in [0.1, 0.15) is 12.5 Å². The van der Waals surface area contributed by atoms with Gasteiger partial charge >= 0.3 is 5.97 Å². The standard InChI is InChI=1S/C13H15FN2O2/c1-2-18-13(17)11(15)5-8-7-16-12-4-3-9(14)6-10(8)12/h3-4,6-7,11,16H,2,5,15H2,1H3/t11-/m0/s1. The van der Waals surface area contributed by atoms with Crippen molar-refractivity contribution in [2.45, 2.75) is 19.4 Å². The van der Waals surface area contributed by atoms with Crippen molar-refractivity contribution in [3.8, 4) is 0 Å². The molecule has 0 spiro atoms. The van der Waals surface area contributed by atoms with Crippen LogP contribution in [-0.2, 0) is 16.0 Å². The van der Waals surface area contributed by atoms with E-state index in [1.807, 2.05) is 0 Å². The first kappa shape index (κ1) is 12.6. The molecule has 0 saturated carbocycles. The van der Waals surface area contributed by atoms with E-state index in [-0.39, 0.29) is 5.82 Å². The van der Waals surface area contributed by atoms with Gasteiger partial charge in [0.2, 0.25) is 0 Å². The number of ether oxygens (including phenoxy) is 1. The summed E-state index contributed by atoms with van der Waals surface area (Å²) in [7, 11) is 0. The second-order valence-corrected chi connectivity index (χ2v) is 4.07. The maximum atomic E-state index is 13.2. The Bertz CT molecular complexity index is 565. The molecule has 0 aliphatic heterocycles. The Morgan fingerprint density at radius 1 is 1.56 bits per heavy atom. The Labute approximate surface area is 104 Å². The molecule has 1 aromatic carbocycles. The van der Waals surface area contributed by atoms with Gasteiger partial charge in [-0.15, -0.1) is 0 Å². The number of aromatic amines is 1. The average molecular weight is 250 g/mol. The van der Waals surface area contributed by atoms with Gasteiger partial charge in [-0.05, 0) is 30.7 Å². The number of H-pyrrole nitrogens is 1. The number of nitrogens with one attached hydrogen (secondary N) is 1. The molecule has 0 fully saturated rings. The number of hydrogen-bond donors (Lipinski definition) is 2. The summed E-state index contributed by atoms with van der Waals surface area (Å²) in [5.74, 6) is -0.753. The van der Waals surface area contributed by atoms with Crippen LogP contribution in [0.2, 0.25) is 0 Å². The number of rotatable bonds is 4. The molecule has 1 heterocycles. The third-order valence-corrected chi connectivity index (χ3v) is 2.76. The number of esters is 1. The Balaban J connectivity index is 2.21. The van der Waals surface area contributed by atoms with Crippen LogP contribution < -0.4 is 5.73 Å². The smallest absolute Gasteiger partial charge is 0.323 e. The van der Waals surface area contributed by atoms with Crippen LogP contribution >= 0.6 is 0 Å². The summed E-state index contributed by atoms with van der Waals surface area (Å²) >= 11 is 0. The Morgan fingerprint density at radius 2 is 2.33 bits per heavy atom. The lowest BCUT2D eigenvalue weighted by molar-refractivity contribution is -0.144. The van der Waals surface area contributed by atoms with Crippen LogP contribution in [-0.4, -0.2) is 23.6 Å². The molecule has 0 aliphatic rings. The van der Waals surface area contributed by atoms with E-state index in [1.165, 1.54) is 12.1 Å². The van der Waals surface area contributed by atoms with Crippen molar-refractivity contribution in [2.24, 2.45) is 5.73 Å². The summed E-state index contributed by atoms with van der Waals surface area (Å²) < 4.78 is 18.0. The molecule has 0 saturated heterocycles. The summed E-state index contributed by atoms with van der Waals surface area (Å²) in [4.78, 5) is 14.5. The lowest BCUT2D eigenvalue weighted by atomic mass is 10.1. The van der Waals surface area contributed by atoms with Crippen LogP contribution in [0.25, 0.3) is 10.9 Å². The number of benzene rings is 1. The van der Waals surface area contributed by atoms with Gasteiger partial charge in [-0.1, -0.05) is 0 Å². The summed E-state index contributed by atoms with van der Waals surface area (Å²) in [5.41, 5.74) is 7.37. The van der Waals surface area contributed by atoms with E-state index in [0.29, 0.717) is 13.0 Å². The molecule has 1 atom stereocenters. The van der Waals surface area contributed by atoms with E-state index in [0.717, 1.165) is 16.5 Å². The molecule has 1 aromatic heterocycles. The summed E-state index contributed by atoms with van der Waals surface area (Å²) in [6.45, 7) is 2.03. The highest BCUT2D eigenvalue weighted by molar-refractivity contribution is 5.84. The van der Waals surface area contributed by atoms with Crippen molar-refractivity contribution in [3.05, 3.63) is 35.8 Å². The van der Waals surface area contributed by atoms with E-state index in [1.54, 1.807) is 19.2 Å². The van der Waals surface area contributed by atoms with Crippen molar-refractivity contribution in [1.82, 2.24) is 4.98 Å². The molecule has 18 heavy (non-hydrogen) atoms. The van der Waals surface area contributed by atoms with Gasteiger partial charge in [-0.25, -0.2) is 4.39 Å². The number of halogens is 1. The van der Waals surface area contributed by atoms with E-state index in [2.05, 4.69) is 4.98 Å². The van der Waals surface area contributed by atoms with E-state index >= 15 is 0 Å². The number of hydrogen-bond acceptors (Lipinski definition) is 3. The minimum absolute atomic E-state index is 0.301. The van der Waals surface area contributed by atoms with Crippen molar-refractivity contribution >= 4 is 16.9 Å². The van der Waals surface area contributed by atoms with E-state index in [4.69, 9.17) is 10.5 Å². The number of carbonyl (C=O) groups is 1. The van der Waals surface area contributed by atoms with Gasteiger partial charge in [0.25, 0.3) is 0 Å². The number of nitrogens with two attached hydrogens (primary N) is 1. The zero-order valence-electron chi connectivity index (χ0n) is 10.1. The summed E-state index contributed by atoms with van der Waals surface area (Å²) in [5, 5.41) is 0.745. The van der Waals surface area contributed by atoms with Crippen molar-refractivity contribution < 1.29 is 13.9 Å². The highest BCUT2D eigenvalue weighted by Gasteiger charge is 2.17. The molecule has 5 heteroatoms. The fraction of sp³-hybridized carbons (Fsp3) is 0.308. The van der Waals surface area contributed by atoms with Gasteiger partial charge in [-0.3, -0.25) is 4.79 Å². The molecule has 0 unspecified atom stereocenters. The molecule has 3 N–H and O–H groups in total. The molecule has 4 nitrogen and oxygen atoms in total. The Hall–Kier alpha value is -1.88. The minimum Gasteiger partial charge on any atom is -0.465 e. The van der Waals surface area contributed by atoms with E-state index < -0.39 is 12.0 Å². The van der Waals surface area contributed by atoms with Gasteiger partial charge in [0.1, 0.15) is 11.9 Å². The lowest BCUT2D eigenvalue weighted by Crippen LogP contribution is -2.34. The lowest BCUT2D eigenvalue weighted by Gasteiger charge is -2.09. The maximum absolute atomic E-state index is 13.2. The molecule has 0 radical (unpaired) electrons. The van der Waals surface area contributed by atoms with Gasteiger partial charge < -0.3 is 15.5 Å². The Kier molecular flexibility index (Phi) is 3.62. The fourth-order valence-electron chi connectivity index (χ4n) is 1.89. The van der Waals surface area contributed by atoms with Crippen LogP contribution in [0.3, 0.4) is 0 Å². The number of fused-ring (bicyclic) bond motifs is 1. The predicted molar refractivity (Wildman–Crippen MR) is 66.6 cm³/mol. The van der Waals surface area contributed by atoms with Crippen molar-refractivity contribution in [3.63, 3.8) is 0 Å². The number of aromatic nitrogens is 1. The first-order valence-electron chi connectivity index (χ1n) is 5.79. The molecule has 96 valence electrons. The van der Waals surface area contributed by atoms with Crippen LogP contribution in [0.5, 0.6) is 0 Å². The van der Waals surface area contributed by atoms with Gasteiger partial charge in [0.05, 0.1) is 6.61 Å². The zero-order chi connectivity index (χ0) is 13.1. The van der Waals surface area contributed by atoms with Crippen molar-refractivity contribution in [2.75, 3.05) is 6.61 Å². The van der Waals surface area contributed by atoms with Crippen LogP contribution in [0, 0.1) is 5.82 Å². The largest absolute Gasteiger partial charge is 0.465 e. The molecular weight excluding hydrogens is 235 g/mol. The second kappa shape index (κ2) is 5.18. The van der Waals surface area contributed by atoms with Gasteiger partial charge in [-0.2, -0.15) is 0 Å². The van der Waals surface area contributed by atoms with Gasteiger partial charge in [0, 0.05) is 23.5 Å². The average Bonchev–Trinajstić information content (AvgIpc) is 2.72. The normalized spacial score (nSPS) is 12.6. The molecular formula is C13H15FN2O2. The second-order valence-electron chi connectivity index (χ2n) is 4.07. The van der Waals surface area contributed by atoms with Crippen molar-refractivity contribution in [1.29, 1.82) is 0 Å². The third kappa shape index (κ3) is 2.51. The predicted octanol–water partition coefficient (Wildman–Crippen LogP) is 1.74. The van der Waals surface area contributed by atoms with Gasteiger partial charge in [0.15, 0.2) is 0 Å². The molecule has 2 rings (SSSR count). The topological polar surface area (TPSA) is 68.1 Å². The molecule has 0 aliphatic carbocycles. The highest BCUT2D eigenvalue weighted by atomic mass is 19.1. The third-order valence-electron chi connectivity index (χ3n) is 2.76. The summed E-state index contributed by atoms with van der Waals surface area (Å²) in [6, 6.07) is 3.74. The SMILES string of the molecule is CCOC(=O)[C@@H](N)Cc1c[nH]c2ccc(F)cc12. The maximum Gasteiger partial charge on any atom is 0.323 e. The summed E-state index contributed by atoms with van der Waals surface area (Å²) in [6.07, 6.45) is 2.06. The molecule has 2 aromatic rings. The number of carbonyl (C=O) groups excluding carboxylic acids is 1. The quantitative estimate of drug-likeness (QED) is 0.812.